The van der Waals surface area contributed by atoms with Crippen LogP contribution in [0.4, 0.5) is 0 Å². The molecule has 3 nitrogen and oxygen atoms in total. The number of rotatable bonds is 5. The van der Waals surface area contributed by atoms with E-state index in [-0.39, 0.29) is 5.91 Å². The van der Waals surface area contributed by atoms with Gasteiger partial charge in [0.25, 0.3) is 0 Å². The fourth-order valence-electron chi connectivity index (χ4n) is 1.40. The Morgan fingerprint density at radius 1 is 1.41 bits per heavy atom. The van der Waals surface area contributed by atoms with E-state index in [0.29, 0.717) is 18.5 Å². The van der Waals surface area contributed by atoms with Gasteiger partial charge in [-0.1, -0.05) is 28.1 Å². The van der Waals surface area contributed by atoms with Gasteiger partial charge in [-0.2, -0.15) is 0 Å². The molecule has 0 unspecified atom stereocenters. The van der Waals surface area contributed by atoms with Gasteiger partial charge in [0.1, 0.15) is 12.4 Å². The molecule has 17 heavy (non-hydrogen) atoms. The molecule has 0 aromatic heterocycles. The molecule has 0 aliphatic carbocycles. The number of halogens is 1. The van der Waals surface area contributed by atoms with Crippen LogP contribution >= 0.6 is 15.9 Å². The van der Waals surface area contributed by atoms with Gasteiger partial charge in [-0.3, -0.25) is 4.79 Å². The van der Waals surface area contributed by atoms with Crippen molar-refractivity contribution in [3.05, 3.63) is 29.3 Å². The van der Waals surface area contributed by atoms with E-state index >= 15 is 0 Å². The number of hydrogen-bond donors (Lipinski definition) is 0. The largest absolute Gasteiger partial charge is 0.491 e. The van der Waals surface area contributed by atoms with Crippen molar-refractivity contribution in [3.63, 3.8) is 0 Å². The second-order valence-electron chi connectivity index (χ2n) is 4.00. The number of hydrogen-bond acceptors (Lipinski definition) is 2. The molecule has 94 valence electrons. The molecule has 0 saturated carbocycles. The highest BCUT2D eigenvalue weighted by Crippen LogP contribution is 2.20. The summed E-state index contributed by atoms with van der Waals surface area (Å²) in [6.45, 7) is 5.21. The molecule has 0 aliphatic heterocycles. The summed E-state index contributed by atoms with van der Waals surface area (Å²) in [5, 5.41) is 0.354. The van der Waals surface area contributed by atoms with Crippen LogP contribution in [0.5, 0.6) is 5.75 Å². The number of nitrogens with zero attached hydrogens (tertiary/aromatic N) is 1. The van der Waals surface area contributed by atoms with Crippen molar-refractivity contribution in [1.82, 2.24) is 4.90 Å². The lowest BCUT2D eigenvalue weighted by Gasteiger charge is -2.17. The van der Waals surface area contributed by atoms with Crippen LogP contribution < -0.4 is 4.74 Å². The minimum absolute atomic E-state index is 0.0644. The van der Waals surface area contributed by atoms with Gasteiger partial charge >= 0.3 is 0 Å². The fourth-order valence-corrected chi connectivity index (χ4v) is 1.83. The Kier molecular flexibility index (Phi) is 5.48. The number of alkyl halides is 1. The lowest BCUT2D eigenvalue weighted by atomic mass is 10.1. The highest BCUT2D eigenvalue weighted by atomic mass is 79.9. The number of benzene rings is 1. The number of carbonyl (C=O) groups excluding carboxylic acids is 1. The smallest absolute Gasteiger partial charge is 0.233 e. The van der Waals surface area contributed by atoms with Crippen molar-refractivity contribution in [3.8, 4) is 5.75 Å². The summed E-state index contributed by atoms with van der Waals surface area (Å²) < 4.78 is 5.67. The molecule has 4 heteroatoms. The number of likely N-dealkylation sites (N-methyl/N-ethyl adjacent to an activating group) is 1. The summed E-state index contributed by atoms with van der Waals surface area (Å²) in [4.78, 5) is 13.0. The topological polar surface area (TPSA) is 29.5 Å². The van der Waals surface area contributed by atoms with Gasteiger partial charge in [0.2, 0.25) is 5.91 Å². The van der Waals surface area contributed by atoms with E-state index in [4.69, 9.17) is 4.74 Å². The third-order valence-corrected chi connectivity index (χ3v) is 3.26. The first kappa shape index (κ1) is 14.0. The van der Waals surface area contributed by atoms with Crippen molar-refractivity contribution < 1.29 is 9.53 Å². The maximum Gasteiger partial charge on any atom is 0.233 e. The third kappa shape index (κ3) is 4.04. The summed E-state index contributed by atoms with van der Waals surface area (Å²) in [6, 6.07) is 5.99. The average Bonchev–Trinajstić information content (AvgIpc) is 2.33. The molecular weight excluding hydrogens is 282 g/mol. The van der Waals surface area contributed by atoms with Crippen LogP contribution in [0.1, 0.15) is 11.1 Å². The zero-order chi connectivity index (χ0) is 12.8. The lowest BCUT2D eigenvalue weighted by Crippen LogP contribution is -2.31. The van der Waals surface area contributed by atoms with E-state index in [1.807, 2.05) is 19.1 Å². The van der Waals surface area contributed by atoms with Crippen LogP contribution in [0.25, 0.3) is 0 Å². The molecule has 1 aromatic rings. The summed E-state index contributed by atoms with van der Waals surface area (Å²) >= 11 is 3.14. The van der Waals surface area contributed by atoms with Gasteiger partial charge in [0, 0.05) is 7.05 Å². The maximum absolute atomic E-state index is 11.3. The normalized spacial score (nSPS) is 10.1. The van der Waals surface area contributed by atoms with Crippen LogP contribution in [0.2, 0.25) is 0 Å². The molecule has 1 rings (SSSR count). The monoisotopic (exact) mass is 299 g/mol. The van der Waals surface area contributed by atoms with E-state index < -0.39 is 0 Å². The molecule has 0 saturated heterocycles. The van der Waals surface area contributed by atoms with Crippen molar-refractivity contribution in [1.29, 1.82) is 0 Å². The van der Waals surface area contributed by atoms with Gasteiger partial charge in [0.15, 0.2) is 0 Å². The van der Waals surface area contributed by atoms with E-state index in [2.05, 4.69) is 28.9 Å². The predicted molar refractivity (Wildman–Crippen MR) is 72.8 cm³/mol. The Labute approximate surface area is 111 Å². The number of ether oxygens (including phenoxy) is 1. The minimum Gasteiger partial charge on any atom is -0.491 e. The average molecular weight is 300 g/mol. The molecule has 0 spiro atoms. The first-order valence-electron chi connectivity index (χ1n) is 5.55. The van der Waals surface area contributed by atoms with Crippen LogP contribution in [0, 0.1) is 13.8 Å². The van der Waals surface area contributed by atoms with E-state index in [1.54, 1.807) is 11.9 Å². The van der Waals surface area contributed by atoms with Crippen molar-refractivity contribution in [2.45, 2.75) is 13.8 Å². The first-order valence-corrected chi connectivity index (χ1v) is 6.67. The first-order chi connectivity index (χ1) is 8.06. The summed E-state index contributed by atoms with van der Waals surface area (Å²) in [6.07, 6.45) is 0. The summed E-state index contributed by atoms with van der Waals surface area (Å²) in [5.41, 5.74) is 2.37. The zero-order valence-corrected chi connectivity index (χ0v) is 12.1. The molecule has 0 aliphatic rings. The van der Waals surface area contributed by atoms with E-state index in [1.165, 1.54) is 5.56 Å². The third-order valence-electron chi connectivity index (χ3n) is 2.78. The van der Waals surface area contributed by atoms with Crippen LogP contribution in [0.3, 0.4) is 0 Å². The standard InChI is InChI=1S/C13H18BrNO2/c1-10-5-4-6-12(11(10)2)17-8-7-15(3)13(16)9-14/h4-6H,7-9H2,1-3H3. The van der Waals surface area contributed by atoms with Gasteiger partial charge in [-0.15, -0.1) is 0 Å². The number of carbonyl (C=O) groups is 1. The SMILES string of the molecule is Cc1cccc(OCCN(C)C(=O)CBr)c1C. The van der Waals surface area contributed by atoms with Gasteiger partial charge in [0.05, 0.1) is 11.9 Å². The molecule has 0 heterocycles. The number of amides is 1. The van der Waals surface area contributed by atoms with Gasteiger partial charge in [-0.25, -0.2) is 0 Å². The summed E-state index contributed by atoms with van der Waals surface area (Å²) in [5.74, 6) is 0.958. The van der Waals surface area contributed by atoms with Crippen molar-refractivity contribution >= 4 is 21.8 Å². The molecule has 0 fully saturated rings. The van der Waals surface area contributed by atoms with E-state index in [0.717, 1.165) is 11.3 Å². The Morgan fingerprint density at radius 2 is 2.12 bits per heavy atom. The van der Waals surface area contributed by atoms with Gasteiger partial charge < -0.3 is 9.64 Å². The number of aryl methyl sites for hydroxylation is 1. The molecule has 0 N–H and O–H groups in total. The molecule has 1 aromatic carbocycles. The van der Waals surface area contributed by atoms with E-state index in [9.17, 15) is 4.79 Å². The highest BCUT2D eigenvalue weighted by molar-refractivity contribution is 9.09. The molecule has 1 amide bonds. The Bertz CT molecular complexity index is 393. The second kappa shape index (κ2) is 6.64. The fraction of sp³-hybridized carbons (Fsp3) is 0.462. The highest BCUT2D eigenvalue weighted by Gasteiger charge is 2.07. The Balaban J connectivity index is 2.46. The van der Waals surface area contributed by atoms with Crippen LogP contribution in [-0.2, 0) is 4.79 Å². The van der Waals surface area contributed by atoms with Crippen LogP contribution in [0.15, 0.2) is 18.2 Å². The Hall–Kier alpha value is -1.03. The predicted octanol–water partition coefficient (Wildman–Crippen LogP) is 2.54. The second-order valence-corrected chi connectivity index (χ2v) is 4.56. The van der Waals surface area contributed by atoms with Gasteiger partial charge in [-0.05, 0) is 31.0 Å². The Morgan fingerprint density at radius 3 is 2.76 bits per heavy atom. The lowest BCUT2D eigenvalue weighted by molar-refractivity contribution is -0.127. The molecule has 0 radical (unpaired) electrons. The van der Waals surface area contributed by atoms with Crippen LogP contribution in [-0.4, -0.2) is 36.3 Å². The quantitative estimate of drug-likeness (QED) is 0.782. The maximum atomic E-state index is 11.3. The van der Waals surface area contributed by atoms with Crippen molar-refractivity contribution in [2.75, 3.05) is 25.5 Å². The zero-order valence-electron chi connectivity index (χ0n) is 10.5. The molecule has 0 bridgehead atoms. The minimum atomic E-state index is 0.0644. The molecular formula is C13H18BrNO2. The molecule has 0 atom stereocenters. The van der Waals surface area contributed by atoms with Crippen molar-refractivity contribution in [2.24, 2.45) is 0 Å². The summed E-state index contributed by atoms with van der Waals surface area (Å²) in [7, 11) is 1.77.